The molecule has 0 saturated carbocycles. The summed E-state index contributed by atoms with van der Waals surface area (Å²) < 4.78 is 1.81. The third kappa shape index (κ3) is 2.24. The normalized spacial score (nSPS) is 10.3. The molecule has 2 heterocycles. The van der Waals surface area contributed by atoms with Crippen molar-refractivity contribution in [2.75, 3.05) is 5.32 Å². The van der Waals surface area contributed by atoms with E-state index < -0.39 is 0 Å². The molecule has 78 valence electrons. The van der Waals surface area contributed by atoms with Gasteiger partial charge in [0, 0.05) is 18.8 Å². The average molecular weight is 224 g/mol. The molecule has 0 aliphatic rings. The topological polar surface area (TPSA) is 55.6 Å². The van der Waals surface area contributed by atoms with Crippen molar-refractivity contribution in [3.63, 3.8) is 0 Å². The molecule has 0 aliphatic carbocycles. The Bertz CT molecular complexity index is 453. The fourth-order valence-corrected chi connectivity index (χ4v) is 1.34. The molecule has 0 saturated heterocycles. The van der Waals surface area contributed by atoms with Gasteiger partial charge in [-0.05, 0) is 13.0 Å². The van der Waals surface area contributed by atoms with Crippen LogP contribution in [0, 0.1) is 0 Å². The Balaban J connectivity index is 2.22. The monoisotopic (exact) mass is 223 g/mol. The van der Waals surface area contributed by atoms with Crippen LogP contribution in [-0.4, -0.2) is 19.7 Å². The molecule has 0 aliphatic heterocycles. The lowest BCUT2D eigenvalue weighted by atomic mass is 10.6. The van der Waals surface area contributed by atoms with Gasteiger partial charge < -0.3 is 5.32 Å². The summed E-state index contributed by atoms with van der Waals surface area (Å²) in [6.45, 7) is 2.80. The van der Waals surface area contributed by atoms with Gasteiger partial charge in [0.1, 0.15) is 11.0 Å². The second-order valence-electron chi connectivity index (χ2n) is 2.86. The third-order valence-corrected chi connectivity index (χ3v) is 2.09. The first-order valence-corrected chi connectivity index (χ1v) is 4.95. The SMILES string of the molecule is CCn1nccc1Nc1nccc(Cl)n1. The van der Waals surface area contributed by atoms with Crippen LogP contribution in [0.2, 0.25) is 5.15 Å². The summed E-state index contributed by atoms with van der Waals surface area (Å²) in [5.41, 5.74) is 0. The third-order valence-electron chi connectivity index (χ3n) is 1.88. The summed E-state index contributed by atoms with van der Waals surface area (Å²) in [5, 5.41) is 7.57. The number of rotatable bonds is 3. The Morgan fingerprint density at radius 1 is 1.40 bits per heavy atom. The first-order valence-electron chi connectivity index (χ1n) is 4.57. The zero-order chi connectivity index (χ0) is 10.7. The molecule has 0 bridgehead atoms. The Morgan fingerprint density at radius 2 is 2.27 bits per heavy atom. The van der Waals surface area contributed by atoms with Gasteiger partial charge >= 0.3 is 0 Å². The van der Waals surface area contributed by atoms with E-state index in [1.807, 2.05) is 17.7 Å². The highest BCUT2D eigenvalue weighted by Gasteiger charge is 2.02. The molecule has 2 aromatic rings. The number of nitrogens with one attached hydrogen (secondary N) is 1. The maximum Gasteiger partial charge on any atom is 0.229 e. The maximum atomic E-state index is 5.75. The molecule has 2 rings (SSSR count). The van der Waals surface area contributed by atoms with Gasteiger partial charge in [-0.15, -0.1) is 0 Å². The smallest absolute Gasteiger partial charge is 0.229 e. The quantitative estimate of drug-likeness (QED) is 0.810. The number of hydrogen-bond donors (Lipinski definition) is 1. The van der Waals surface area contributed by atoms with E-state index in [1.165, 1.54) is 0 Å². The molecular formula is C9H10ClN5. The van der Waals surface area contributed by atoms with Gasteiger partial charge in [0.05, 0.1) is 6.20 Å². The predicted molar refractivity (Wildman–Crippen MR) is 58.2 cm³/mol. The number of halogens is 1. The minimum absolute atomic E-state index is 0.412. The van der Waals surface area contributed by atoms with Crippen molar-refractivity contribution in [3.8, 4) is 0 Å². The summed E-state index contributed by atoms with van der Waals surface area (Å²) in [7, 11) is 0. The number of anilines is 2. The van der Waals surface area contributed by atoms with Crippen LogP contribution >= 0.6 is 11.6 Å². The van der Waals surface area contributed by atoms with Gasteiger partial charge in [-0.3, -0.25) is 0 Å². The Labute approximate surface area is 92.1 Å². The number of hydrogen-bond acceptors (Lipinski definition) is 4. The zero-order valence-corrected chi connectivity index (χ0v) is 8.94. The molecule has 1 N–H and O–H groups in total. The van der Waals surface area contributed by atoms with Crippen LogP contribution < -0.4 is 5.32 Å². The summed E-state index contributed by atoms with van der Waals surface area (Å²) >= 11 is 5.75. The molecule has 2 aromatic heterocycles. The van der Waals surface area contributed by atoms with Crippen molar-refractivity contribution in [1.82, 2.24) is 19.7 Å². The van der Waals surface area contributed by atoms with Crippen molar-refractivity contribution in [2.45, 2.75) is 13.5 Å². The van der Waals surface area contributed by atoms with Crippen molar-refractivity contribution in [2.24, 2.45) is 0 Å². The van der Waals surface area contributed by atoms with Crippen LogP contribution in [0.5, 0.6) is 0 Å². The molecule has 0 spiro atoms. The number of aromatic nitrogens is 4. The lowest BCUT2D eigenvalue weighted by molar-refractivity contribution is 0.667. The molecule has 5 nitrogen and oxygen atoms in total. The van der Waals surface area contributed by atoms with Crippen LogP contribution in [0.4, 0.5) is 11.8 Å². The van der Waals surface area contributed by atoms with Crippen LogP contribution in [0.1, 0.15) is 6.92 Å². The maximum absolute atomic E-state index is 5.75. The minimum atomic E-state index is 0.412. The van der Waals surface area contributed by atoms with Gasteiger partial charge in [0.25, 0.3) is 0 Å². The van der Waals surface area contributed by atoms with Gasteiger partial charge in [-0.1, -0.05) is 11.6 Å². The lowest BCUT2D eigenvalue weighted by Crippen LogP contribution is -2.04. The van der Waals surface area contributed by atoms with Crippen molar-refractivity contribution < 1.29 is 0 Å². The zero-order valence-electron chi connectivity index (χ0n) is 8.18. The fraction of sp³-hybridized carbons (Fsp3) is 0.222. The standard InChI is InChI=1S/C9H10ClN5/c1-2-15-8(4-6-12-15)14-9-11-5-3-7(10)13-9/h3-6H,2H2,1H3,(H,11,13,14). The number of nitrogens with zero attached hydrogens (tertiary/aromatic N) is 4. The largest absolute Gasteiger partial charge is 0.309 e. The molecular weight excluding hydrogens is 214 g/mol. The highest BCUT2D eigenvalue weighted by Crippen LogP contribution is 2.13. The Kier molecular flexibility index (Phi) is 2.82. The van der Waals surface area contributed by atoms with E-state index in [0.29, 0.717) is 11.1 Å². The van der Waals surface area contributed by atoms with Gasteiger partial charge in [0.15, 0.2) is 0 Å². The molecule has 15 heavy (non-hydrogen) atoms. The molecule has 0 atom stereocenters. The Morgan fingerprint density at radius 3 is 3.00 bits per heavy atom. The molecule has 0 aromatic carbocycles. The Hall–Kier alpha value is -1.62. The van der Waals surface area contributed by atoms with E-state index in [4.69, 9.17) is 11.6 Å². The first-order chi connectivity index (χ1) is 7.29. The van der Waals surface area contributed by atoms with Crippen LogP contribution in [0.25, 0.3) is 0 Å². The molecule has 0 unspecified atom stereocenters. The predicted octanol–water partition coefficient (Wildman–Crippen LogP) is 2.09. The second kappa shape index (κ2) is 4.27. The van der Waals surface area contributed by atoms with Crippen LogP contribution in [-0.2, 0) is 6.54 Å². The molecule has 0 amide bonds. The summed E-state index contributed by atoms with van der Waals surface area (Å²) in [4.78, 5) is 8.07. The van der Waals surface area contributed by atoms with E-state index in [1.54, 1.807) is 18.5 Å². The van der Waals surface area contributed by atoms with Gasteiger partial charge in [0.2, 0.25) is 5.95 Å². The minimum Gasteiger partial charge on any atom is -0.309 e. The molecule has 0 fully saturated rings. The van der Waals surface area contributed by atoms with Crippen molar-refractivity contribution in [3.05, 3.63) is 29.7 Å². The van der Waals surface area contributed by atoms with Gasteiger partial charge in [-0.2, -0.15) is 5.10 Å². The summed E-state index contributed by atoms with van der Waals surface area (Å²) in [6, 6.07) is 3.48. The summed E-state index contributed by atoms with van der Waals surface area (Å²) in [5.74, 6) is 1.32. The first kappa shape index (κ1) is 9.92. The lowest BCUT2D eigenvalue weighted by Gasteiger charge is -2.05. The van der Waals surface area contributed by atoms with E-state index in [0.717, 1.165) is 12.4 Å². The average Bonchev–Trinajstić information content (AvgIpc) is 2.65. The van der Waals surface area contributed by atoms with E-state index in [2.05, 4.69) is 20.4 Å². The van der Waals surface area contributed by atoms with Crippen LogP contribution in [0.3, 0.4) is 0 Å². The second-order valence-corrected chi connectivity index (χ2v) is 3.25. The van der Waals surface area contributed by atoms with E-state index in [9.17, 15) is 0 Å². The van der Waals surface area contributed by atoms with E-state index in [-0.39, 0.29) is 0 Å². The fourth-order valence-electron chi connectivity index (χ4n) is 1.20. The summed E-state index contributed by atoms with van der Waals surface area (Å²) in [6.07, 6.45) is 3.32. The molecule has 0 radical (unpaired) electrons. The highest BCUT2D eigenvalue weighted by molar-refractivity contribution is 6.29. The molecule has 6 heteroatoms. The number of aryl methyl sites for hydroxylation is 1. The van der Waals surface area contributed by atoms with Crippen molar-refractivity contribution in [1.29, 1.82) is 0 Å². The van der Waals surface area contributed by atoms with Crippen molar-refractivity contribution >= 4 is 23.4 Å². The van der Waals surface area contributed by atoms with Crippen LogP contribution in [0.15, 0.2) is 24.5 Å². The highest BCUT2D eigenvalue weighted by atomic mass is 35.5. The van der Waals surface area contributed by atoms with E-state index >= 15 is 0 Å². The van der Waals surface area contributed by atoms with Gasteiger partial charge in [-0.25, -0.2) is 14.6 Å².